The van der Waals surface area contributed by atoms with Gasteiger partial charge in [0.25, 0.3) is 5.91 Å². The molecule has 0 saturated heterocycles. The second-order valence-corrected chi connectivity index (χ2v) is 8.63. The summed E-state index contributed by atoms with van der Waals surface area (Å²) in [5.74, 6) is -1.33. The first kappa shape index (κ1) is 21.4. The Bertz CT molecular complexity index is 1080. The van der Waals surface area contributed by atoms with Crippen LogP contribution < -0.4 is 5.73 Å². The van der Waals surface area contributed by atoms with Crippen LogP contribution in [0.1, 0.15) is 29.4 Å². The molecule has 4 aromatic rings. The lowest BCUT2D eigenvalue weighted by atomic mass is 10.1. The number of amides is 1. The van der Waals surface area contributed by atoms with Gasteiger partial charge in [-0.1, -0.05) is 60.7 Å². The molecule has 3 N–H and O–H groups in total. The van der Waals surface area contributed by atoms with Crippen molar-refractivity contribution in [2.75, 3.05) is 0 Å². The zero-order chi connectivity index (χ0) is 21.7. The minimum absolute atomic E-state index is 0.304. The van der Waals surface area contributed by atoms with Crippen molar-refractivity contribution in [3.63, 3.8) is 0 Å². The normalized spacial score (nSPS) is 10.2. The largest absolute Gasteiger partial charge is 0.477 e. The fraction of sp³-hybridized carbons (Fsp3) is 0.0909. The number of carbonyl (C=O) groups is 2. The summed E-state index contributed by atoms with van der Waals surface area (Å²) in [6, 6.07) is 18.9. The summed E-state index contributed by atoms with van der Waals surface area (Å²) in [6.45, 7) is 3.67. The molecule has 4 rings (SSSR count). The van der Waals surface area contributed by atoms with Crippen molar-refractivity contribution in [1.29, 1.82) is 0 Å². The first-order valence-corrected chi connectivity index (χ1v) is 10.6. The number of primary amides is 1. The van der Waals surface area contributed by atoms with E-state index in [0.29, 0.717) is 21.1 Å². The lowest BCUT2D eigenvalue weighted by Gasteiger charge is -1.97. The third-order valence-electron chi connectivity index (χ3n) is 3.98. The molecular formula is C22H19N3O3S2. The molecule has 2 aromatic heterocycles. The van der Waals surface area contributed by atoms with Gasteiger partial charge in [-0.2, -0.15) is 0 Å². The topological polar surface area (TPSA) is 106 Å². The fourth-order valence-electron chi connectivity index (χ4n) is 2.75. The molecule has 0 atom stereocenters. The second-order valence-electron chi connectivity index (χ2n) is 6.22. The molecule has 1 amide bonds. The average molecular weight is 438 g/mol. The van der Waals surface area contributed by atoms with E-state index in [9.17, 15) is 9.59 Å². The summed E-state index contributed by atoms with van der Waals surface area (Å²) < 4.78 is 0. The number of aromatic carboxylic acids is 1. The van der Waals surface area contributed by atoms with Crippen molar-refractivity contribution >= 4 is 34.6 Å². The van der Waals surface area contributed by atoms with Gasteiger partial charge in [-0.05, 0) is 13.8 Å². The van der Waals surface area contributed by atoms with Crippen LogP contribution >= 0.6 is 22.7 Å². The van der Waals surface area contributed by atoms with E-state index in [-0.39, 0.29) is 0 Å². The molecule has 0 saturated carbocycles. The molecule has 152 valence electrons. The third-order valence-corrected chi connectivity index (χ3v) is 5.92. The van der Waals surface area contributed by atoms with E-state index >= 15 is 0 Å². The Morgan fingerprint density at radius 1 is 0.767 bits per heavy atom. The number of aromatic nitrogens is 2. The number of nitrogens with zero attached hydrogens (tertiary/aromatic N) is 2. The second kappa shape index (κ2) is 9.43. The van der Waals surface area contributed by atoms with E-state index in [2.05, 4.69) is 9.97 Å². The van der Waals surface area contributed by atoms with Crippen molar-refractivity contribution in [3.8, 4) is 22.5 Å². The molecule has 0 spiro atoms. The monoisotopic (exact) mass is 437 g/mol. The molecule has 2 aromatic carbocycles. The highest BCUT2D eigenvalue weighted by Crippen LogP contribution is 2.28. The Hall–Kier alpha value is -3.36. The van der Waals surface area contributed by atoms with Gasteiger partial charge in [0.2, 0.25) is 0 Å². The zero-order valence-electron chi connectivity index (χ0n) is 16.3. The van der Waals surface area contributed by atoms with Crippen LogP contribution in [0.2, 0.25) is 0 Å². The van der Waals surface area contributed by atoms with Gasteiger partial charge in [-0.25, -0.2) is 14.8 Å². The average Bonchev–Trinajstić information content (AvgIpc) is 3.33. The summed E-state index contributed by atoms with van der Waals surface area (Å²) in [7, 11) is 0. The Morgan fingerprint density at radius 3 is 1.57 bits per heavy atom. The van der Waals surface area contributed by atoms with Crippen LogP contribution in [-0.4, -0.2) is 27.0 Å². The van der Waals surface area contributed by atoms with E-state index in [4.69, 9.17) is 10.8 Å². The molecule has 0 bridgehead atoms. The Labute approximate surface area is 181 Å². The van der Waals surface area contributed by atoms with Crippen molar-refractivity contribution < 1.29 is 14.7 Å². The number of carboxylic acid groups (broad SMARTS) is 1. The van der Waals surface area contributed by atoms with Crippen molar-refractivity contribution in [2.45, 2.75) is 13.8 Å². The minimum atomic E-state index is -0.917. The van der Waals surface area contributed by atoms with E-state index in [1.807, 2.05) is 74.5 Å². The number of thiazole rings is 2. The Morgan fingerprint density at radius 2 is 1.17 bits per heavy atom. The van der Waals surface area contributed by atoms with E-state index in [1.54, 1.807) is 0 Å². The summed E-state index contributed by atoms with van der Waals surface area (Å²) >= 11 is 2.54. The lowest BCUT2D eigenvalue weighted by molar-refractivity contribution is 0.0702. The van der Waals surface area contributed by atoms with Crippen LogP contribution in [0, 0.1) is 13.8 Å². The van der Waals surface area contributed by atoms with Gasteiger partial charge in [-0.3, -0.25) is 4.79 Å². The molecule has 30 heavy (non-hydrogen) atoms. The molecule has 0 aliphatic carbocycles. The first-order valence-electron chi connectivity index (χ1n) is 8.95. The molecule has 0 fully saturated rings. The molecule has 2 heterocycles. The molecule has 0 aliphatic heterocycles. The number of rotatable bonds is 4. The lowest BCUT2D eigenvalue weighted by Crippen LogP contribution is -2.10. The predicted octanol–water partition coefficient (Wildman–Crippen LogP) is 5.03. The van der Waals surface area contributed by atoms with Gasteiger partial charge in [0.15, 0.2) is 0 Å². The maximum absolute atomic E-state index is 11.2. The maximum Gasteiger partial charge on any atom is 0.348 e. The maximum atomic E-state index is 11.2. The van der Waals surface area contributed by atoms with Crippen molar-refractivity contribution in [1.82, 2.24) is 9.97 Å². The minimum Gasteiger partial charge on any atom is -0.477 e. The fourth-order valence-corrected chi connectivity index (χ4v) is 4.32. The first-order chi connectivity index (χ1) is 14.4. The van der Waals surface area contributed by atoms with Gasteiger partial charge in [0, 0.05) is 11.1 Å². The molecule has 0 aliphatic rings. The number of hydrogen-bond donors (Lipinski definition) is 2. The molecule has 0 unspecified atom stereocenters. The number of nitrogens with two attached hydrogens (primary N) is 1. The van der Waals surface area contributed by atoms with Gasteiger partial charge >= 0.3 is 5.97 Å². The summed E-state index contributed by atoms with van der Waals surface area (Å²) in [5.41, 5.74) is 8.32. The van der Waals surface area contributed by atoms with E-state index < -0.39 is 11.9 Å². The number of carbonyl (C=O) groups excluding carboxylic acids is 1. The summed E-state index contributed by atoms with van der Waals surface area (Å²) in [6.07, 6.45) is 0. The van der Waals surface area contributed by atoms with Gasteiger partial charge in [-0.15, -0.1) is 22.7 Å². The van der Waals surface area contributed by atoms with E-state index in [0.717, 1.165) is 21.1 Å². The number of benzene rings is 2. The Kier molecular flexibility index (Phi) is 6.71. The van der Waals surface area contributed by atoms with Crippen LogP contribution in [-0.2, 0) is 0 Å². The van der Waals surface area contributed by atoms with Gasteiger partial charge in [0.1, 0.15) is 9.75 Å². The third kappa shape index (κ3) is 4.97. The zero-order valence-corrected chi connectivity index (χ0v) is 18.0. The highest BCUT2D eigenvalue weighted by atomic mass is 32.1. The number of carboxylic acids is 1. The quantitative estimate of drug-likeness (QED) is 0.465. The smallest absolute Gasteiger partial charge is 0.348 e. The number of aryl methyl sites for hydroxylation is 2. The van der Waals surface area contributed by atoms with Crippen molar-refractivity contribution in [3.05, 3.63) is 80.4 Å². The molecule has 0 radical (unpaired) electrons. The molecule has 8 heteroatoms. The Balaban J connectivity index is 0.000000171. The number of hydrogen-bond acceptors (Lipinski definition) is 6. The summed E-state index contributed by atoms with van der Waals surface area (Å²) in [5, 5.41) is 10.6. The van der Waals surface area contributed by atoms with Gasteiger partial charge < -0.3 is 10.8 Å². The van der Waals surface area contributed by atoms with Crippen LogP contribution in [0.5, 0.6) is 0 Å². The van der Waals surface area contributed by atoms with E-state index in [1.165, 1.54) is 22.7 Å². The van der Waals surface area contributed by atoms with Crippen LogP contribution in [0.4, 0.5) is 0 Å². The van der Waals surface area contributed by atoms with Crippen molar-refractivity contribution in [2.24, 2.45) is 5.73 Å². The molecular weight excluding hydrogens is 418 g/mol. The SMILES string of the molecule is Cc1nc(-c2ccccc2)c(C(=O)O)s1.Cc1nc(-c2ccccc2)c(C(N)=O)s1. The van der Waals surface area contributed by atoms with Gasteiger partial charge in [0.05, 0.1) is 21.4 Å². The highest BCUT2D eigenvalue weighted by molar-refractivity contribution is 7.14. The molecule has 6 nitrogen and oxygen atoms in total. The highest BCUT2D eigenvalue weighted by Gasteiger charge is 2.17. The van der Waals surface area contributed by atoms with Crippen LogP contribution in [0.25, 0.3) is 22.5 Å². The standard InChI is InChI=1S/C11H10N2OS.C11H9NO2S/c1-7-13-9(10(15-7)11(12)14)8-5-3-2-4-6-8;1-7-12-9(10(15-7)11(13)14)8-5-3-2-4-6-8/h2-6H,1H3,(H2,12,14);2-6H,1H3,(H,13,14). The predicted molar refractivity (Wildman–Crippen MR) is 120 cm³/mol. The van der Waals surface area contributed by atoms with Crippen LogP contribution in [0.15, 0.2) is 60.7 Å². The summed E-state index contributed by atoms with van der Waals surface area (Å²) in [4.78, 5) is 31.6. The van der Waals surface area contributed by atoms with Crippen LogP contribution in [0.3, 0.4) is 0 Å².